The number of fused-ring (bicyclic) bond motifs is 1. The quantitative estimate of drug-likeness (QED) is 0.748. The van der Waals surface area contributed by atoms with E-state index < -0.39 is 11.4 Å². The zero-order valence-electron chi connectivity index (χ0n) is 17.1. The second-order valence-electron chi connectivity index (χ2n) is 8.76. The molecule has 2 N–H and O–H groups in total. The van der Waals surface area contributed by atoms with Crippen molar-refractivity contribution in [3.05, 3.63) is 41.6 Å². The Hall–Kier alpha value is -2.63. The molecule has 1 saturated heterocycles. The summed E-state index contributed by atoms with van der Waals surface area (Å²) in [4.78, 5) is 38.3. The molecule has 1 aliphatic heterocycles. The smallest absolute Gasteiger partial charge is 0.319 e. The first-order valence-electron chi connectivity index (χ1n) is 10.6. The number of ketones is 1. The van der Waals surface area contributed by atoms with Gasteiger partial charge in [-0.3, -0.25) is 9.59 Å². The molecule has 2 fully saturated rings. The number of hydrogen-bond donors (Lipinski definition) is 2. The number of likely N-dealkylation sites (N-methyl/N-ethyl adjacent to an activating group) is 1. The Morgan fingerprint density at radius 2 is 1.93 bits per heavy atom. The summed E-state index contributed by atoms with van der Waals surface area (Å²) in [6.45, 7) is 4.04. The van der Waals surface area contributed by atoms with Crippen LogP contribution < -0.4 is 10.6 Å². The molecule has 29 heavy (non-hydrogen) atoms. The molecule has 1 aromatic carbocycles. The third-order valence-electron chi connectivity index (χ3n) is 6.95. The van der Waals surface area contributed by atoms with Crippen LogP contribution in [0.3, 0.4) is 0 Å². The van der Waals surface area contributed by atoms with Crippen LogP contribution in [0.4, 0.5) is 10.5 Å². The maximum absolute atomic E-state index is 12.3. The molecular formula is C23H29N3O3. The van der Waals surface area contributed by atoms with Crippen molar-refractivity contribution in [3.63, 3.8) is 0 Å². The second kappa shape index (κ2) is 7.65. The van der Waals surface area contributed by atoms with Crippen LogP contribution in [0.25, 0.3) is 0 Å². The van der Waals surface area contributed by atoms with Gasteiger partial charge in [-0.2, -0.15) is 0 Å². The van der Waals surface area contributed by atoms with Crippen LogP contribution in [-0.2, 0) is 22.4 Å². The number of urea groups is 1. The fourth-order valence-electron chi connectivity index (χ4n) is 5.04. The first-order chi connectivity index (χ1) is 13.9. The van der Waals surface area contributed by atoms with Crippen LogP contribution >= 0.6 is 0 Å². The molecule has 1 heterocycles. The van der Waals surface area contributed by atoms with Crippen LogP contribution in [0.15, 0.2) is 30.5 Å². The van der Waals surface area contributed by atoms with Gasteiger partial charge in [0.1, 0.15) is 0 Å². The first-order valence-corrected chi connectivity index (χ1v) is 10.6. The van der Waals surface area contributed by atoms with E-state index in [-0.39, 0.29) is 11.8 Å². The minimum Gasteiger partial charge on any atom is -0.319 e. The van der Waals surface area contributed by atoms with E-state index in [1.54, 1.807) is 11.9 Å². The van der Waals surface area contributed by atoms with E-state index in [0.29, 0.717) is 36.6 Å². The summed E-state index contributed by atoms with van der Waals surface area (Å²) in [5, 5.41) is 5.58. The second-order valence-corrected chi connectivity index (χ2v) is 8.76. The van der Waals surface area contributed by atoms with E-state index in [4.69, 9.17) is 0 Å². The van der Waals surface area contributed by atoms with E-state index in [0.717, 1.165) is 17.5 Å². The largest absolute Gasteiger partial charge is 0.322 e. The van der Waals surface area contributed by atoms with Gasteiger partial charge in [-0.05, 0) is 35.6 Å². The van der Waals surface area contributed by atoms with Crippen LogP contribution in [0, 0.1) is 5.92 Å². The molecule has 0 aromatic heterocycles. The van der Waals surface area contributed by atoms with E-state index >= 15 is 0 Å². The maximum atomic E-state index is 12.3. The summed E-state index contributed by atoms with van der Waals surface area (Å²) >= 11 is 0. The summed E-state index contributed by atoms with van der Waals surface area (Å²) < 4.78 is 0. The van der Waals surface area contributed by atoms with Crippen LogP contribution in [0.5, 0.6) is 0 Å². The topological polar surface area (TPSA) is 78.5 Å². The summed E-state index contributed by atoms with van der Waals surface area (Å²) in [5.41, 5.74) is 3.10. The molecule has 4 rings (SSSR count). The lowest BCUT2D eigenvalue weighted by molar-refractivity contribution is -0.135. The predicted octanol–water partition coefficient (Wildman–Crippen LogP) is 3.56. The number of benzene rings is 1. The Labute approximate surface area is 171 Å². The van der Waals surface area contributed by atoms with Crippen LogP contribution in [0.2, 0.25) is 0 Å². The van der Waals surface area contributed by atoms with Gasteiger partial charge in [0.2, 0.25) is 5.78 Å². The van der Waals surface area contributed by atoms with Crippen molar-refractivity contribution in [1.82, 2.24) is 10.2 Å². The van der Waals surface area contributed by atoms with Gasteiger partial charge in [-0.15, -0.1) is 0 Å². The Morgan fingerprint density at radius 3 is 2.62 bits per heavy atom. The Kier molecular flexibility index (Phi) is 5.19. The fourth-order valence-corrected chi connectivity index (χ4v) is 5.04. The average Bonchev–Trinajstić information content (AvgIpc) is 3.20. The molecule has 1 aromatic rings. The standard InChI is InChI=1S/C23H29N3O3/c1-15-23(26(2)22(29)24-15)13-17-9-10-19(12-18(17)14-23)25-21(28)20(27)11-8-16-6-4-3-5-7-16/h9-10,12,16H,1,3-8,11,13-14H2,2H3,(H,24,29)(H,25,28). The number of amides is 3. The molecule has 6 heteroatoms. The highest BCUT2D eigenvalue weighted by molar-refractivity contribution is 6.40. The molecule has 6 nitrogen and oxygen atoms in total. The first kappa shape index (κ1) is 19.7. The summed E-state index contributed by atoms with van der Waals surface area (Å²) in [6, 6.07) is 5.58. The van der Waals surface area contributed by atoms with Crippen molar-refractivity contribution in [3.8, 4) is 0 Å². The predicted molar refractivity (Wildman–Crippen MR) is 111 cm³/mol. The molecule has 1 atom stereocenters. The number of nitrogens with zero attached hydrogens (tertiary/aromatic N) is 1. The normalized spacial score (nSPS) is 24.0. The monoisotopic (exact) mass is 395 g/mol. The summed E-state index contributed by atoms with van der Waals surface area (Å²) in [7, 11) is 1.78. The molecule has 3 amide bonds. The molecule has 0 radical (unpaired) electrons. The number of anilines is 1. The molecular weight excluding hydrogens is 366 g/mol. The van der Waals surface area contributed by atoms with Gasteiger partial charge in [0.25, 0.3) is 5.91 Å². The van der Waals surface area contributed by atoms with Crippen molar-refractivity contribution in [2.45, 2.75) is 63.3 Å². The van der Waals surface area contributed by atoms with Crippen molar-refractivity contribution in [1.29, 1.82) is 0 Å². The van der Waals surface area contributed by atoms with E-state index in [1.807, 2.05) is 18.2 Å². The van der Waals surface area contributed by atoms with Gasteiger partial charge in [0.15, 0.2) is 0 Å². The zero-order chi connectivity index (χ0) is 20.6. The van der Waals surface area contributed by atoms with Crippen LogP contribution in [0.1, 0.15) is 56.1 Å². The minimum absolute atomic E-state index is 0.139. The third kappa shape index (κ3) is 3.68. The highest BCUT2D eigenvalue weighted by Gasteiger charge is 2.50. The third-order valence-corrected chi connectivity index (χ3v) is 6.95. The van der Waals surface area contributed by atoms with Gasteiger partial charge in [0, 0.05) is 37.7 Å². The number of carbonyl (C=O) groups is 3. The number of nitrogens with one attached hydrogen (secondary N) is 2. The van der Waals surface area contributed by atoms with Gasteiger partial charge in [0.05, 0.1) is 5.54 Å². The summed E-state index contributed by atoms with van der Waals surface area (Å²) in [6.07, 6.45) is 8.61. The molecule has 1 unspecified atom stereocenters. The van der Waals surface area contributed by atoms with Crippen molar-refractivity contribution in [2.24, 2.45) is 5.92 Å². The average molecular weight is 396 g/mol. The van der Waals surface area contributed by atoms with Gasteiger partial charge < -0.3 is 15.5 Å². The molecule has 154 valence electrons. The Morgan fingerprint density at radius 1 is 1.21 bits per heavy atom. The minimum atomic E-state index is -0.535. The molecule has 3 aliphatic rings. The fraction of sp³-hybridized carbons (Fsp3) is 0.522. The van der Waals surface area contributed by atoms with E-state index in [9.17, 15) is 14.4 Å². The lowest BCUT2D eigenvalue weighted by atomic mass is 9.85. The highest BCUT2D eigenvalue weighted by atomic mass is 16.2. The Bertz CT molecular complexity index is 872. The van der Waals surface area contributed by atoms with Crippen molar-refractivity contribution < 1.29 is 14.4 Å². The number of hydrogen-bond acceptors (Lipinski definition) is 3. The SMILES string of the molecule is C=C1NC(=O)N(C)C12Cc1ccc(NC(=O)C(=O)CCC3CCCCC3)cc1C2. The van der Waals surface area contributed by atoms with Gasteiger partial charge in [-0.25, -0.2) is 4.79 Å². The number of Topliss-reactive ketones (excluding diaryl/α,β-unsaturated/α-hetero) is 1. The lowest BCUT2D eigenvalue weighted by Crippen LogP contribution is -2.44. The Balaban J connectivity index is 1.37. The molecule has 1 spiro atoms. The molecule has 1 saturated carbocycles. The van der Waals surface area contributed by atoms with Gasteiger partial charge in [-0.1, -0.05) is 44.7 Å². The summed E-state index contributed by atoms with van der Waals surface area (Å²) in [5.74, 6) is -0.288. The van der Waals surface area contributed by atoms with E-state index in [1.165, 1.54) is 32.1 Å². The van der Waals surface area contributed by atoms with E-state index in [2.05, 4.69) is 17.2 Å². The maximum Gasteiger partial charge on any atom is 0.322 e. The van der Waals surface area contributed by atoms with Crippen molar-refractivity contribution in [2.75, 3.05) is 12.4 Å². The van der Waals surface area contributed by atoms with Crippen molar-refractivity contribution >= 4 is 23.4 Å². The molecule has 2 aliphatic carbocycles. The van der Waals surface area contributed by atoms with Crippen LogP contribution in [-0.4, -0.2) is 35.2 Å². The van der Waals surface area contributed by atoms with Gasteiger partial charge >= 0.3 is 6.03 Å². The lowest BCUT2D eigenvalue weighted by Gasteiger charge is -2.30. The number of carbonyl (C=O) groups excluding carboxylic acids is 3. The molecule has 0 bridgehead atoms. The zero-order valence-corrected chi connectivity index (χ0v) is 17.1. The highest BCUT2D eigenvalue weighted by Crippen LogP contribution is 2.41. The number of rotatable bonds is 5.